The van der Waals surface area contributed by atoms with Crippen LogP contribution >= 0.6 is 0 Å². The molecule has 1 heterocycles. The fourth-order valence-electron chi connectivity index (χ4n) is 3.26. The Balaban J connectivity index is 1.67. The van der Waals surface area contributed by atoms with Gasteiger partial charge in [0.25, 0.3) is 0 Å². The number of hydrogen-bond acceptors (Lipinski definition) is 3. The quantitative estimate of drug-likeness (QED) is 0.777. The number of hydrogen-bond donors (Lipinski definition) is 0. The van der Waals surface area contributed by atoms with E-state index in [0.717, 1.165) is 31.4 Å². The van der Waals surface area contributed by atoms with E-state index in [1.807, 2.05) is 32.3 Å². The minimum Gasteiger partial charge on any atom is -0.378 e. The summed E-state index contributed by atoms with van der Waals surface area (Å²) in [5.74, 6) is 0. The molecule has 1 atom stereocenters. The molecule has 1 aliphatic heterocycles. The molecular weight excluding hydrogens is 286 g/mol. The van der Waals surface area contributed by atoms with E-state index in [2.05, 4.69) is 40.5 Å². The average Bonchev–Trinajstić information content (AvgIpc) is 2.59. The first-order chi connectivity index (χ1) is 11.2. The Morgan fingerprint density at radius 1 is 1.13 bits per heavy atom. The Morgan fingerprint density at radius 2 is 1.87 bits per heavy atom. The topological polar surface area (TPSA) is 35.9 Å². The molecule has 2 aromatic carbocycles. The van der Waals surface area contributed by atoms with Gasteiger partial charge < -0.3 is 4.90 Å². The molecule has 0 fully saturated rings. The molecule has 0 radical (unpaired) electrons. The van der Waals surface area contributed by atoms with E-state index >= 15 is 0 Å². The Hall–Kier alpha value is -2.36. The van der Waals surface area contributed by atoms with Crippen molar-refractivity contribution in [3.63, 3.8) is 0 Å². The summed E-state index contributed by atoms with van der Waals surface area (Å²) in [7, 11) is 4.09. The van der Waals surface area contributed by atoms with E-state index in [9.17, 15) is 4.91 Å². The van der Waals surface area contributed by atoms with Crippen molar-refractivity contribution < 1.29 is 0 Å². The molecule has 0 unspecified atom stereocenters. The number of nitroso groups, excluding NO2 is 1. The lowest BCUT2D eigenvalue weighted by Crippen LogP contribution is -2.35. The summed E-state index contributed by atoms with van der Waals surface area (Å²) < 4.78 is 0. The average molecular weight is 309 g/mol. The van der Waals surface area contributed by atoms with Crippen molar-refractivity contribution in [2.45, 2.75) is 31.7 Å². The van der Waals surface area contributed by atoms with Crippen LogP contribution in [-0.4, -0.2) is 20.1 Å². The molecule has 0 N–H and O–H groups in total. The second kappa shape index (κ2) is 6.82. The third kappa shape index (κ3) is 3.36. The van der Waals surface area contributed by atoms with E-state index in [-0.39, 0.29) is 6.04 Å². The molecule has 2 aromatic rings. The van der Waals surface area contributed by atoms with Gasteiger partial charge in [0, 0.05) is 19.8 Å². The lowest BCUT2D eigenvalue weighted by molar-refractivity contribution is 0.502. The molecule has 0 bridgehead atoms. The molecule has 0 aromatic heterocycles. The maximum absolute atomic E-state index is 11.3. The van der Waals surface area contributed by atoms with E-state index in [0.29, 0.717) is 0 Å². The minimum absolute atomic E-state index is 0.191. The molecule has 0 aliphatic carbocycles. The fraction of sp³-hybridized carbons (Fsp3) is 0.368. The third-order valence-electron chi connectivity index (χ3n) is 4.64. The van der Waals surface area contributed by atoms with Crippen molar-refractivity contribution in [1.82, 2.24) is 0 Å². The molecule has 4 heteroatoms. The second-order valence-electron chi connectivity index (χ2n) is 6.35. The molecule has 0 saturated heterocycles. The summed E-state index contributed by atoms with van der Waals surface area (Å²) in [4.78, 5) is 13.4. The molecule has 1 aliphatic rings. The van der Waals surface area contributed by atoms with Gasteiger partial charge in [-0.1, -0.05) is 30.3 Å². The first kappa shape index (κ1) is 15.5. The van der Waals surface area contributed by atoms with Crippen molar-refractivity contribution in [3.05, 3.63) is 64.6 Å². The molecule has 23 heavy (non-hydrogen) atoms. The van der Waals surface area contributed by atoms with Crippen LogP contribution in [-0.2, 0) is 12.8 Å². The molecule has 0 spiro atoms. The maximum Gasteiger partial charge on any atom is 0.0661 e. The van der Waals surface area contributed by atoms with E-state index in [1.54, 1.807) is 5.01 Å². The highest BCUT2D eigenvalue weighted by molar-refractivity contribution is 5.55. The van der Waals surface area contributed by atoms with Gasteiger partial charge in [-0.3, -0.25) is 0 Å². The summed E-state index contributed by atoms with van der Waals surface area (Å²) in [6.07, 6.45) is 3.92. The SMILES string of the molecule is CN(C)c1ccc(CC[C@H]2CCc3ccccc3N2N=O)cc1. The van der Waals surface area contributed by atoms with Gasteiger partial charge in [0.15, 0.2) is 0 Å². The third-order valence-corrected chi connectivity index (χ3v) is 4.64. The second-order valence-corrected chi connectivity index (χ2v) is 6.35. The number of rotatable bonds is 5. The van der Waals surface area contributed by atoms with E-state index < -0.39 is 0 Å². The largest absolute Gasteiger partial charge is 0.378 e. The monoisotopic (exact) mass is 309 g/mol. The highest BCUT2D eigenvalue weighted by Crippen LogP contribution is 2.32. The number of anilines is 2. The van der Waals surface area contributed by atoms with Crippen LogP contribution in [0.4, 0.5) is 11.4 Å². The van der Waals surface area contributed by atoms with Gasteiger partial charge in [-0.05, 0) is 55.0 Å². The Labute approximate surface area is 137 Å². The number of fused-ring (bicyclic) bond motifs is 1. The lowest BCUT2D eigenvalue weighted by atomic mass is 9.93. The maximum atomic E-state index is 11.3. The van der Waals surface area contributed by atoms with Crippen molar-refractivity contribution >= 4 is 11.4 Å². The predicted octanol–water partition coefficient (Wildman–Crippen LogP) is 4.19. The highest BCUT2D eigenvalue weighted by Gasteiger charge is 2.26. The normalized spacial score (nSPS) is 16.8. The Bertz CT molecular complexity index is 667. The first-order valence-corrected chi connectivity index (χ1v) is 8.15. The van der Waals surface area contributed by atoms with Gasteiger partial charge in [0.2, 0.25) is 0 Å². The Kier molecular flexibility index (Phi) is 4.60. The van der Waals surface area contributed by atoms with E-state index in [4.69, 9.17) is 0 Å². The lowest BCUT2D eigenvalue weighted by Gasteiger charge is -2.32. The van der Waals surface area contributed by atoms with Gasteiger partial charge in [-0.25, -0.2) is 5.01 Å². The summed E-state index contributed by atoms with van der Waals surface area (Å²) >= 11 is 0. The van der Waals surface area contributed by atoms with Crippen LogP contribution in [0, 0.1) is 4.91 Å². The number of nitrogens with zero attached hydrogens (tertiary/aromatic N) is 3. The van der Waals surface area contributed by atoms with Crippen molar-refractivity contribution in [3.8, 4) is 0 Å². The van der Waals surface area contributed by atoms with Crippen molar-refractivity contribution in [2.75, 3.05) is 24.0 Å². The number of aryl methyl sites for hydroxylation is 2. The van der Waals surface area contributed by atoms with Crippen LogP contribution in [0.25, 0.3) is 0 Å². The van der Waals surface area contributed by atoms with Gasteiger partial charge in [0.1, 0.15) is 0 Å². The van der Waals surface area contributed by atoms with E-state index in [1.165, 1.54) is 16.8 Å². The van der Waals surface area contributed by atoms with Crippen LogP contribution in [0.5, 0.6) is 0 Å². The molecule has 0 saturated carbocycles. The van der Waals surface area contributed by atoms with Crippen LogP contribution < -0.4 is 9.91 Å². The summed E-state index contributed by atoms with van der Waals surface area (Å²) in [5, 5.41) is 4.97. The van der Waals surface area contributed by atoms with Gasteiger partial charge in [-0.2, -0.15) is 0 Å². The highest BCUT2D eigenvalue weighted by atomic mass is 16.3. The molecule has 4 nitrogen and oxygen atoms in total. The zero-order valence-electron chi connectivity index (χ0n) is 13.8. The minimum atomic E-state index is 0.191. The van der Waals surface area contributed by atoms with Gasteiger partial charge in [0.05, 0.1) is 17.0 Å². The first-order valence-electron chi connectivity index (χ1n) is 8.15. The molecular formula is C19H23N3O. The van der Waals surface area contributed by atoms with Crippen molar-refractivity contribution in [1.29, 1.82) is 0 Å². The van der Waals surface area contributed by atoms with Gasteiger partial charge in [-0.15, -0.1) is 4.91 Å². The van der Waals surface area contributed by atoms with Crippen LogP contribution in [0.1, 0.15) is 24.0 Å². The molecule has 0 amide bonds. The van der Waals surface area contributed by atoms with Gasteiger partial charge >= 0.3 is 0 Å². The smallest absolute Gasteiger partial charge is 0.0661 e. The van der Waals surface area contributed by atoms with Crippen LogP contribution in [0.15, 0.2) is 53.8 Å². The molecule has 3 rings (SSSR count). The summed E-state index contributed by atoms with van der Waals surface area (Å²) in [6.45, 7) is 0. The number of para-hydroxylation sites is 1. The predicted molar refractivity (Wildman–Crippen MR) is 95.9 cm³/mol. The summed E-state index contributed by atoms with van der Waals surface area (Å²) in [5.41, 5.74) is 4.71. The van der Waals surface area contributed by atoms with Crippen molar-refractivity contribution in [2.24, 2.45) is 5.29 Å². The van der Waals surface area contributed by atoms with Crippen LogP contribution in [0.3, 0.4) is 0 Å². The number of benzene rings is 2. The Morgan fingerprint density at radius 3 is 2.57 bits per heavy atom. The zero-order chi connectivity index (χ0) is 16.2. The summed E-state index contributed by atoms with van der Waals surface area (Å²) in [6, 6.07) is 16.9. The molecule has 120 valence electrons. The standard InChI is InChI=1S/C19H23N3O/c1-21(2)17-11-7-15(8-12-17)9-13-18-14-10-16-5-3-4-6-19(16)22(18)20-23/h3-8,11-12,18H,9-10,13-14H2,1-2H3/t18-/m0/s1. The zero-order valence-corrected chi connectivity index (χ0v) is 13.8. The fourth-order valence-corrected chi connectivity index (χ4v) is 3.26. The van der Waals surface area contributed by atoms with Crippen LogP contribution in [0.2, 0.25) is 0 Å².